The van der Waals surface area contributed by atoms with Crippen LogP contribution in [0.15, 0.2) is 59.7 Å². The van der Waals surface area contributed by atoms with Gasteiger partial charge in [0.2, 0.25) is 0 Å². The summed E-state index contributed by atoms with van der Waals surface area (Å²) in [6.45, 7) is 2.71. The standard InChI is InChI=1S/C22H20ClN5O2S/c1-2-10-27(13-19-25-18-12-15(23)5-8-17(18)20(29)26-19)21(30)14-3-6-16(7-4-14)28-11-9-24-22(28)31/h3-9,11-12H,2,10,13H2,1H3,(H,24,31)(H,25,26,29). The number of halogens is 1. The average molecular weight is 454 g/mol. The number of hydrogen-bond donors (Lipinski definition) is 2. The summed E-state index contributed by atoms with van der Waals surface area (Å²) in [7, 11) is 0. The smallest absolute Gasteiger partial charge is 0.258 e. The van der Waals surface area contributed by atoms with Crippen molar-refractivity contribution in [2.75, 3.05) is 6.54 Å². The van der Waals surface area contributed by atoms with Crippen LogP contribution >= 0.6 is 23.8 Å². The van der Waals surface area contributed by atoms with Gasteiger partial charge in [-0.3, -0.25) is 14.2 Å². The predicted octanol–water partition coefficient (Wildman–Crippen LogP) is 4.48. The number of carbonyl (C=O) groups is 1. The molecule has 1 amide bonds. The van der Waals surface area contributed by atoms with Gasteiger partial charge in [0.15, 0.2) is 4.77 Å². The lowest BCUT2D eigenvalue weighted by Crippen LogP contribution is -2.32. The zero-order chi connectivity index (χ0) is 22.0. The number of amides is 1. The van der Waals surface area contributed by atoms with E-state index in [0.717, 1.165) is 12.1 Å². The quantitative estimate of drug-likeness (QED) is 0.421. The van der Waals surface area contributed by atoms with E-state index in [1.165, 1.54) is 0 Å². The number of fused-ring (bicyclic) bond motifs is 1. The van der Waals surface area contributed by atoms with Crippen molar-refractivity contribution in [1.82, 2.24) is 24.4 Å². The van der Waals surface area contributed by atoms with Gasteiger partial charge in [-0.1, -0.05) is 18.5 Å². The normalized spacial score (nSPS) is 11.0. The first-order valence-electron chi connectivity index (χ1n) is 9.80. The molecule has 4 aromatic rings. The predicted molar refractivity (Wildman–Crippen MR) is 123 cm³/mol. The number of H-pyrrole nitrogens is 2. The molecule has 2 N–H and O–H groups in total. The number of benzene rings is 2. The lowest BCUT2D eigenvalue weighted by Gasteiger charge is -2.22. The van der Waals surface area contributed by atoms with E-state index in [9.17, 15) is 9.59 Å². The Morgan fingerprint density at radius 2 is 2.00 bits per heavy atom. The van der Waals surface area contributed by atoms with Crippen molar-refractivity contribution < 1.29 is 4.79 Å². The van der Waals surface area contributed by atoms with Crippen molar-refractivity contribution in [3.63, 3.8) is 0 Å². The Labute approximate surface area is 188 Å². The van der Waals surface area contributed by atoms with E-state index in [1.54, 1.807) is 41.4 Å². The Morgan fingerprint density at radius 3 is 2.68 bits per heavy atom. The number of carbonyl (C=O) groups excluding carboxylic acids is 1. The van der Waals surface area contributed by atoms with E-state index >= 15 is 0 Å². The third-order valence-electron chi connectivity index (χ3n) is 4.88. The average Bonchev–Trinajstić information content (AvgIpc) is 3.18. The highest BCUT2D eigenvalue weighted by Crippen LogP contribution is 2.16. The first-order chi connectivity index (χ1) is 15.0. The molecule has 0 aliphatic rings. The second-order valence-electron chi connectivity index (χ2n) is 7.08. The van der Waals surface area contributed by atoms with Crippen molar-refractivity contribution in [3.05, 3.63) is 86.4 Å². The molecule has 0 saturated carbocycles. The molecule has 4 rings (SSSR count). The Kier molecular flexibility index (Phi) is 6.01. The Bertz CT molecular complexity index is 1360. The van der Waals surface area contributed by atoms with Crippen LogP contribution in [0.1, 0.15) is 29.5 Å². The summed E-state index contributed by atoms with van der Waals surface area (Å²) >= 11 is 11.3. The molecule has 9 heteroatoms. The first kappa shape index (κ1) is 21.0. The maximum absolute atomic E-state index is 13.2. The van der Waals surface area contributed by atoms with Gasteiger partial charge < -0.3 is 14.9 Å². The van der Waals surface area contributed by atoms with Crippen LogP contribution < -0.4 is 5.56 Å². The van der Waals surface area contributed by atoms with Crippen LogP contribution in [-0.4, -0.2) is 36.9 Å². The van der Waals surface area contributed by atoms with Crippen LogP contribution in [0.2, 0.25) is 5.02 Å². The molecule has 2 aromatic heterocycles. The van der Waals surface area contributed by atoms with Crippen LogP contribution in [0.3, 0.4) is 0 Å². The third-order valence-corrected chi connectivity index (χ3v) is 5.43. The zero-order valence-electron chi connectivity index (χ0n) is 16.8. The summed E-state index contributed by atoms with van der Waals surface area (Å²) in [4.78, 5) is 37.5. The molecule has 0 bridgehead atoms. The molecule has 7 nitrogen and oxygen atoms in total. The van der Waals surface area contributed by atoms with Crippen molar-refractivity contribution >= 4 is 40.6 Å². The molecular weight excluding hydrogens is 434 g/mol. The Morgan fingerprint density at radius 1 is 1.23 bits per heavy atom. The van der Waals surface area contributed by atoms with Gasteiger partial charge in [0, 0.05) is 35.2 Å². The maximum atomic E-state index is 13.2. The maximum Gasteiger partial charge on any atom is 0.258 e. The number of rotatable bonds is 6. The van der Waals surface area contributed by atoms with E-state index in [4.69, 9.17) is 23.8 Å². The summed E-state index contributed by atoms with van der Waals surface area (Å²) < 4.78 is 2.40. The SMILES string of the molecule is CCCN(Cc1nc2cc(Cl)ccc2c(=O)[nH]1)C(=O)c1ccc(-n2cc[nH]c2=S)cc1. The van der Waals surface area contributed by atoms with Crippen LogP contribution in [0, 0.1) is 4.77 Å². The highest BCUT2D eigenvalue weighted by atomic mass is 35.5. The molecular formula is C22H20ClN5O2S. The lowest BCUT2D eigenvalue weighted by molar-refractivity contribution is 0.0739. The zero-order valence-corrected chi connectivity index (χ0v) is 18.3. The van der Waals surface area contributed by atoms with Crippen LogP contribution in [0.5, 0.6) is 0 Å². The fourth-order valence-corrected chi connectivity index (χ4v) is 3.81. The number of nitrogens with one attached hydrogen (secondary N) is 2. The summed E-state index contributed by atoms with van der Waals surface area (Å²) in [6.07, 6.45) is 4.36. The molecule has 0 unspecified atom stereocenters. The van der Waals surface area contributed by atoms with Gasteiger partial charge in [0.1, 0.15) is 5.82 Å². The van der Waals surface area contributed by atoms with E-state index in [1.807, 2.05) is 29.8 Å². The number of aromatic nitrogens is 4. The minimum atomic E-state index is -0.256. The first-order valence-corrected chi connectivity index (χ1v) is 10.6. The summed E-state index contributed by atoms with van der Waals surface area (Å²) in [5.74, 6) is 0.275. The summed E-state index contributed by atoms with van der Waals surface area (Å²) in [6, 6.07) is 12.2. The summed E-state index contributed by atoms with van der Waals surface area (Å²) in [5.41, 5.74) is 1.66. The molecule has 0 saturated heterocycles. The van der Waals surface area contributed by atoms with Crippen molar-refractivity contribution in [2.45, 2.75) is 19.9 Å². The summed E-state index contributed by atoms with van der Waals surface area (Å²) in [5, 5.41) is 0.959. The second kappa shape index (κ2) is 8.87. The minimum Gasteiger partial charge on any atom is -0.337 e. The third kappa shape index (κ3) is 4.45. The van der Waals surface area contributed by atoms with E-state index in [0.29, 0.717) is 38.6 Å². The monoisotopic (exact) mass is 453 g/mol. The molecule has 0 fully saturated rings. The molecule has 0 spiro atoms. The molecule has 2 aromatic carbocycles. The highest BCUT2D eigenvalue weighted by Gasteiger charge is 2.17. The van der Waals surface area contributed by atoms with Crippen molar-refractivity contribution in [3.8, 4) is 5.69 Å². The van der Waals surface area contributed by atoms with E-state index in [-0.39, 0.29) is 18.0 Å². The Balaban J connectivity index is 1.61. The molecule has 0 radical (unpaired) electrons. The van der Waals surface area contributed by atoms with Crippen LogP contribution in [-0.2, 0) is 6.54 Å². The molecule has 0 aliphatic heterocycles. The van der Waals surface area contributed by atoms with Crippen LogP contribution in [0.25, 0.3) is 16.6 Å². The highest BCUT2D eigenvalue weighted by molar-refractivity contribution is 7.71. The van der Waals surface area contributed by atoms with Gasteiger partial charge in [-0.15, -0.1) is 0 Å². The fourth-order valence-electron chi connectivity index (χ4n) is 3.41. The second-order valence-corrected chi connectivity index (χ2v) is 7.91. The van der Waals surface area contributed by atoms with Crippen LogP contribution in [0.4, 0.5) is 0 Å². The van der Waals surface area contributed by atoms with E-state index < -0.39 is 0 Å². The van der Waals surface area contributed by atoms with Gasteiger partial charge in [0.05, 0.1) is 17.4 Å². The van der Waals surface area contributed by atoms with Crippen molar-refractivity contribution in [2.24, 2.45) is 0 Å². The van der Waals surface area contributed by atoms with E-state index in [2.05, 4.69) is 15.0 Å². The van der Waals surface area contributed by atoms with Crippen molar-refractivity contribution in [1.29, 1.82) is 0 Å². The number of nitrogens with zero attached hydrogens (tertiary/aromatic N) is 3. The molecule has 31 heavy (non-hydrogen) atoms. The molecule has 0 aliphatic carbocycles. The number of hydrogen-bond acceptors (Lipinski definition) is 4. The van der Waals surface area contributed by atoms with Gasteiger partial charge >= 0.3 is 0 Å². The largest absolute Gasteiger partial charge is 0.337 e. The minimum absolute atomic E-state index is 0.139. The van der Waals surface area contributed by atoms with Gasteiger partial charge in [-0.2, -0.15) is 0 Å². The Hall–Kier alpha value is -3.23. The molecule has 2 heterocycles. The molecule has 158 valence electrons. The fraction of sp³-hybridized carbons (Fsp3) is 0.182. The van der Waals surface area contributed by atoms with Gasteiger partial charge in [-0.05, 0) is 61.1 Å². The number of aromatic amines is 2. The van der Waals surface area contributed by atoms with Gasteiger partial charge in [-0.25, -0.2) is 4.98 Å². The molecule has 0 atom stereocenters. The number of imidazole rings is 1. The topological polar surface area (TPSA) is 86.8 Å². The lowest BCUT2D eigenvalue weighted by atomic mass is 10.1. The van der Waals surface area contributed by atoms with Gasteiger partial charge in [0.25, 0.3) is 11.5 Å².